The Kier molecular flexibility index (Phi) is 2.09. The summed E-state index contributed by atoms with van der Waals surface area (Å²) in [6.07, 6.45) is 3.62. The standard InChI is InChI=1S/C15H8ClFN2/c16-9-1-3-11-12(7-9)13-8-10(17)2-4-14(13)19-6-5-18-15(11)19/h1-8H. The van der Waals surface area contributed by atoms with Gasteiger partial charge in [-0.2, -0.15) is 0 Å². The molecule has 4 aromatic rings. The van der Waals surface area contributed by atoms with Crippen molar-refractivity contribution in [1.82, 2.24) is 9.38 Å². The number of nitrogens with zero attached hydrogens (tertiary/aromatic N) is 2. The van der Waals surface area contributed by atoms with Crippen LogP contribution in [0.5, 0.6) is 0 Å². The molecule has 2 nitrogen and oxygen atoms in total. The predicted molar refractivity (Wildman–Crippen MR) is 75.2 cm³/mol. The molecule has 2 heterocycles. The Balaban J connectivity index is 2.41. The monoisotopic (exact) mass is 270 g/mol. The third-order valence-corrected chi connectivity index (χ3v) is 3.61. The number of hydrogen-bond acceptors (Lipinski definition) is 1. The van der Waals surface area contributed by atoms with Crippen LogP contribution in [0, 0.1) is 5.82 Å². The van der Waals surface area contributed by atoms with Crippen molar-refractivity contribution in [2.75, 3.05) is 0 Å². The molecule has 19 heavy (non-hydrogen) atoms. The second-order valence-corrected chi connectivity index (χ2v) is 4.91. The number of benzene rings is 2. The van der Waals surface area contributed by atoms with Crippen LogP contribution in [0.1, 0.15) is 0 Å². The molecule has 0 unspecified atom stereocenters. The first kappa shape index (κ1) is 10.8. The van der Waals surface area contributed by atoms with Crippen molar-refractivity contribution in [2.24, 2.45) is 0 Å². The van der Waals surface area contributed by atoms with E-state index >= 15 is 0 Å². The van der Waals surface area contributed by atoms with Gasteiger partial charge < -0.3 is 0 Å². The van der Waals surface area contributed by atoms with Crippen molar-refractivity contribution in [1.29, 1.82) is 0 Å². The molecular formula is C15H8ClFN2. The van der Waals surface area contributed by atoms with Crippen LogP contribution in [0.25, 0.3) is 27.3 Å². The Morgan fingerprint density at radius 3 is 2.79 bits per heavy atom. The van der Waals surface area contributed by atoms with Gasteiger partial charge in [0.25, 0.3) is 0 Å². The summed E-state index contributed by atoms with van der Waals surface area (Å²) in [6, 6.07) is 10.4. The topological polar surface area (TPSA) is 17.3 Å². The van der Waals surface area contributed by atoms with Crippen molar-refractivity contribution in [3.63, 3.8) is 0 Å². The summed E-state index contributed by atoms with van der Waals surface area (Å²) in [7, 11) is 0. The number of halogens is 2. The Morgan fingerprint density at radius 2 is 1.89 bits per heavy atom. The number of aromatic nitrogens is 2. The number of fused-ring (bicyclic) bond motifs is 6. The van der Waals surface area contributed by atoms with Crippen molar-refractivity contribution < 1.29 is 4.39 Å². The van der Waals surface area contributed by atoms with Crippen molar-refractivity contribution in [2.45, 2.75) is 0 Å². The lowest BCUT2D eigenvalue weighted by Gasteiger charge is -2.08. The summed E-state index contributed by atoms with van der Waals surface area (Å²) in [5, 5.41) is 3.35. The summed E-state index contributed by atoms with van der Waals surface area (Å²) >= 11 is 6.06. The van der Waals surface area contributed by atoms with Crippen LogP contribution in [0.2, 0.25) is 5.02 Å². The Bertz CT molecular complexity index is 867. The lowest BCUT2D eigenvalue weighted by molar-refractivity contribution is 0.629. The molecule has 0 aliphatic rings. The van der Waals surface area contributed by atoms with Gasteiger partial charge in [0.1, 0.15) is 11.5 Å². The zero-order chi connectivity index (χ0) is 13.0. The number of hydrogen-bond donors (Lipinski definition) is 0. The molecule has 0 aliphatic carbocycles. The van der Waals surface area contributed by atoms with Gasteiger partial charge in [0.05, 0.1) is 5.52 Å². The number of rotatable bonds is 0. The Morgan fingerprint density at radius 1 is 1.00 bits per heavy atom. The fourth-order valence-electron chi connectivity index (χ4n) is 2.57. The molecule has 0 saturated carbocycles. The largest absolute Gasteiger partial charge is 0.299 e. The minimum Gasteiger partial charge on any atom is -0.299 e. The zero-order valence-electron chi connectivity index (χ0n) is 9.77. The normalized spacial score (nSPS) is 11.7. The molecule has 2 aromatic heterocycles. The summed E-state index contributed by atoms with van der Waals surface area (Å²) in [6.45, 7) is 0. The fourth-order valence-corrected chi connectivity index (χ4v) is 2.74. The van der Waals surface area contributed by atoms with Crippen LogP contribution in [-0.4, -0.2) is 9.38 Å². The molecule has 0 radical (unpaired) electrons. The van der Waals surface area contributed by atoms with Gasteiger partial charge in [-0.3, -0.25) is 4.40 Å². The molecule has 0 bridgehead atoms. The van der Waals surface area contributed by atoms with Gasteiger partial charge in [0.2, 0.25) is 0 Å². The highest BCUT2D eigenvalue weighted by molar-refractivity contribution is 6.32. The van der Waals surface area contributed by atoms with Crippen LogP contribution in [0.15, 0.2) is 48.8 Å². The molecule has 0 fully saturated rings. The SMILES string of the molecule is Fc1ccc2c(c1)c1cc(Cl)ccc1c1nccn21. The van der Waals surface area contributed by atoms with Crippen molar-refractivity contribution in [3.8, 4) is 0 Å². The summed E-state index contributed by atoms with van der Waals surface area (Å²) in [5.74, 6) is -0.256. The number of pyridine rings is 1. The van der Waals surface area contributed by atoms with Crippen LogP contribution in [0.3, 0.4) is 0 Å². The van der Waals surface area contributed by atoms with Crippen molar-refractivity contribution in [3.05, 3.63) is 59.6 Å². The van der Waals surface area contributed by atoms with E-state index in [1.54, 1.807) is 12.3 Å². The van der Waals surface area contributed by atoms with Crippen LogP contribution in [0.4, 0.5) is 4.39 Å². The molecule has 0 atom stereocenters. The molecule has 2 aromatic carbocycles. The first-order valence-electron chi connectivity index (χ1n) is 5.87. The van der Waals surface area contributed by atoms with E-state index in [4.69, 9.17) is 11.6 Å². The molecule has 0 spiro atoms. The summed E-state index contributed by atoms with van der Waals surface area (Å²) in [4.78, 5) is 4.38. The molecule has 0 N–H and O–H groups in total. The lowest BCUT2D eigenvalue weighted by atomic mass is 10.1. The molecule has 4 heteroatoms. The first-order chi connectivity index (χ1) is 9.24. The minimum absolute atomic E-state index is 0.256. The second kappa shape index (κ2) is 3.68. The van der Waals surface area contributed by atoms with E-state index in [0.29, 0.717) is 5.02 Å². The van der Waals surface area contributed by atoms with Gasteiger partial charge in [0, 0.05) is 28.2 Å². The molecule has 0 aliphatic heterocycles. The maximum atomic E-state index is 13.5. The Hall–Kier alpha value is -2.13. The van der Waals surface area contributed by atoms with Gasteiger partial charge in [-0.05, 0) is 41.8 Å². The summed E-state index contributed by atoms with van der Waals surface area (Å²) in [5.41, 5.74) is 1.77. The van der Waals surface area contributed by atoms with Gasteiger partial charge in [-0.25, -0.2) is 9.37 Å². The summed E-state index contributed by atoms with van der Waals surface area (Å²) < 4.78 is 15.5. The van der Waals surface area contributed by atoms with E-state index in [2.05, 4.69) is 4.98 Å². The van der Waals surface area contributed by atoms with Gasteiger partial charge >= 0.3 is 0 Å². The highest BCUT2D eigenvalue weighted by Gasteiger charge is 2.10. The third-order valence-electron chi connectivity index (χ3n) is 3.37. The highest BCUT2D eigenvalue weighted by atomic mass is 35.5. The van der Waals surface area contributed by atoms with E-state index in [-0.39, 0.29) is 5.82 Å². The van der Waals surface area contributed by atoms with Crippen LogP contribution < -0.4 is 0 Å². The maximum Gasteiger partial charge on any atom is 0.145 e. The zero-order valence-corrected chi connectivity index (χ0v) is 10.5. The fraction of sp³-hybridized carbons (Fsp3) is 0. The predicted octanol–water partition coefficient (Wildman–Crippen LogP) is 4.43. The van der Waals surface area contributed by atoms with Gasteiger partial charge in [0.15, 0.2) is 0 Å². The van der Waals surface area contributed by atoms with Gasteiger partial charge in [-0.15, -0.1) is 0 Å². The smallest absolute Gasteiger partial charge is 0.145 e. The Labute approximate surface area is 113 Å². The molecular weight excluding hydrogens is 263 g/mol. The molecule has 92 valence electrons. The van der Waals surface area contributed by atoms with Gasteiger partial charge in [-0.1, -0.05) is 11.6 Å². The van der Waals surface area contributed by atoms with E-state index in [1.165, 1.54) is 12.1 Å². The molecule has 0 amide bonds. The average molecular weight is 271 g/mol. The highest BCUT2D eigenvalue weighted by Crippen LogP contribution is 2.31. The lowest BCUT2D eigenvalue weighted by Crippen LogP contribution is -1.91. The van der Waals surface area contributed by atoms with E-state index in [0.717, 1.165) is 27.3 Å². The van der Waals surface area contributed by atoms with Crippen LogP contribution in [-0.2, 0) is 0 Å². The second-order valence-electron chi connectivity index (χ2n) is 4.47. The quantitative estimate of drug-likeness (QED) is 0.432. The third kappa shape index (κ3) is 1.45. The van der Waals surface area contributed by atoms with E-state index in [1.807, 2.05) is 28.8 Å². The minimum atomic E-state index is -0.256. The number of imidazole rings is 1. The maximum absolute atomic E-state index is 13.5. The first-order valence-corrected chi connectivity index (χ1v) is 6.25. The van der Waals surface area contributed by atoms with Crippen molar-refractivity contribution >= 4 is 38.9 Å². The molecule has 4 rings (SSSR count). The molecule has 0 saturated heterocycles. The van der Waals surface area contributed by atoms with E-state index < -0.39 is 0 Å². The average Bonchev–Trinajstić information content (AvgIpc) is 2.88. The van der Waals surface area contributed by atoms with Crippen LogP contribution >= 0.6 is 11.6 Å². The van der Waals surface area contributed by atoms with E-state index in [9.17, 15) is 4.39 Å².